The maximum atomic E-state index is 14.5. The smallest absolute Gasteiger partial charge is 0.254 e. The van der Waals surface area contributed by atoms with Gasteiger partial charge in [-0.2, -0.15) is 0 Å². The van der Waals surface area contributed by atoms with Gasteiger partial charge in [-0.25, -0.2) is 8.78 Å². The van der Waals surface area contributed by atoms with Crippen molar-refractivity contribution in [1.29, 1.82) is 0 Å². The zero-order valence-electron chi connectivity index (χ0n) is 24.8. The second kappa shape index (κ2) is 12.1. The number of likely N-dealkylation sites (tertiary alicyclic amines) is 1. The minimum absolute atomic E-state index is 0.0986. The Hall–Kier alpha value is -3.54. The average molecular weight is 627 g/mol. The number of hydrogen-bond acceptors (Lipinski definition) is 7. The highest BCUT2D eigenvalue weighted by molar-refractivity contribution is 7.85. The van der Waals surface area contributed by atoms with E-state index in [9.17, 15) is 22.9 Å². The van der Waals surface area contributed by atoms with Gasteiger partial charge < -0.3 is 29.1 Å². The number of halogens is 2. The van der Waals surface area contributed by atoms with Gasteiger partial charge in [0.15, 0.2) is 23.1 Å². The lowest BCUT2D eigenvalue weighted by Gasteiger charge is -2.45. The van der Waals surface area contributed by atoms with Gasteiger partial charge in [-0.05, 0) is 73.3 Å². The molecular weight excluding hydrogens is 590 g/mol. The summed E-state index contributed by atoms with van der Waals surface area (Å²) in [7, 11) is 1.80. The monoisotopic (exact) mass is 626 g/mol. The van der Waals surface area contributed by atoms with Crippen LogP contribution in [-0.2, 0) is 31.6 Å². The Morgan fingerprint density at radius 1 is 1.00 bits per heavy atom. The second-order valence-electron chi connectivity index (χ2n) is 11.7. The Morgan fingerprint density at radius 2 is 1.70 bits per heavy atom. The van der Waals surface area contributed by atoms with E-state index in [-0.39, 0.29) is 53.2 Å². The molecule has 0 aliphatic carbocycles. The molecule has 3 heterocycles. The van der Waals surface area contributed by atoms with E-state index >= 15 is 0 Å². The van der Waals surface area contributed by atoms with Crippen LogP contribution in [0.1, 0.15) is 46.3 Å². The number of rotatable bonds is 7. The number of aromatic hydroxyl groups is 1. The molecule has 1 unspecified atom stereocenters. The van der Waals surface area contributed by atoms with Gasteiger partial charge >= 0.3 is 0 Å². The molecule has 0 radical (unpaired) electrons. The molecule has 1 N–H and O–H groups in total. The zero-order chi connectivity index (χ0) is 31.1. The number of ether oxygens (including phenoxy) is 3. The van der Waals surface area contributed by atoms with E-state index in [1.807, 2.05) is 12.1 Å². The van der Waals surface area contributed by atoms with Crippen LogP contribution in [0.4, 0.5) is 8.78 Å². The number of carbonyl (C=O) groups excluding carboxylic acids is 1. The van der Waals surface area contributed by atoms with Gasteiger partial charge in [0.25, 0.3) is 5.91 Å². The van der Waals surface area contributed by atoms with Crippen molar-refractivity contribution >= 4 is 16.7 Å². The first-order valence-corrected chi connectivity index (χ1v) is 16.0. The van der Waals surface area contributed by atoms with Crippen LogP contribution in [0.25, 0.3) is 0 Å². The van der Waals surface area contributed by atoms with Crippen LogP contribution in [0, 0.1) is 11.6 Å². The highest BCUT2D eigenvalue weighted by Gasteiger charge is 2.47. The normalized spacial score (nSPS) is 23.0. The molecule has 1 spiro atoms. The summed E-state index contributed by atoms with van der Waals surface area (Å²) in [4.78, 5) is 17.7. The first-order valence-electron chi connectivity index (χ1n) is 14.7. The molecule has 2 saturated heterocycles. The molecule has 2 atom stereocenters. The van der Waals surface area contributed by atoms with Crippen LogP contribution in [0.2, 0.25) is 0 Å². The number of methoxy groups -OCH3 is 2. The maximum Gasteiger partial charge on any atom is 0.254 e. The molecule has 8 nitrogen and oxygen atoms in total. The standard InChI is InChI=1S/C33H36F2N2O6S/c1-41-28-17-23(18-29(42-2)30(28)38)31(39)37-15-16-43-32(21-37,24-7-8-26(34)27(35)19-24)9-12-36-13-10-33(11-14-36)25-6-4-3-5-22(25)20-44(33)40/h3-8,17-19,38H,9-16,20-21H2,1-2H3/t32-,44?/m0/s1. The lowest BCUT2D eigenvalue weighted by Crippen LogP contribution is -2.53. The number of nitrogens with zero attached hydrogens (tertiary/aromatic N) is 2. The largest absolute Gasteiger partial charge is 0.502 e. The van der Waals surface area contributed by atoms with Crippen LogP contribution in [-0.4, -0.2) is 78.6 Å². The number of benzene rings is 3. The lowest BCUT2D eigenvalue weighted by molar-refractivity contribution is -0.113. The van der Waals surface area contributed by atoms with Crippen LogP contribution in [0.5, 0.6) is 17.2 Å². The second-order valence-corrected chi connectivity index (χ2v) is 13.4. The zero-order valence-corrected chi connectivity index (χ0v) is 25.6. The average Bonchev–Trinajstić information content (AvgIpc) is 3.32. The van der Waals surface area contributed by atoms with Crippen molar-refractivity contribution in [2.24, 2.45) is 0 Å². The summed E-state index contributed by atoms with van der Waals surface area (Å²) in [5.41, 5.74) is 1.98. The van der Waals surface area contributed by atoms with E-state index in [0.29, 0.717) is 24.3 Å². The summed E-state index contributed by atoms with van der Waals surface area (Å²) in [5.74, 6) is -1.70. The summed E-state index contributed by atoms with van der Waals surface area (Å²) >= 11 is 0. The third-order valence-corrected chi connectivity index (χ3v) is 11.4. The number of morpholine rings is 1. The van der Waals surface area contributed by atoms with E-state index in [0.717, 1.165) is 38.1 Å². The summed E-state index contributed by atoms with van der Waals surface area (Å²) < 4.78 is 58.3. The van der Waals surface area contributed by atoms with E-state index in [2.05, 4.69) is 17.0 Å². The summed E-state index contributed by atoms with van der Waals surface area (Å²) in [6.07, 6.45) is 1.96. The van der Waals surface area contributed by atoms with Gasteiger partial charge in [0.2, 0.25) is 5.75 Å². The number of fused-ring (bicyclic) bond motifs is 2. The minimum Gasteiger partial charge on any atom is -0.502 e. The van der Waals surface area contributed by atoms with Crippen LogP contribution in [0.15, 0.2) is 54.6 Å². The van der Waals surface area contributed by atoms with Gasteiger partial charge in [0.1, 0.15) is 5.60 Å². The first kappa shape index (κ1) is 30.5. The molecule has 6 rings (SSSR count). The van der Waals surface area contributed by atoms with Gasteiger partial charge in [0.05, 0.1) is 32.1 Å². The van der Waals surface area contributed by atoms with Crippen molar-refractivity contribution in [2.75, 3.05) is 53.6 Å². The highest BCUT2D eigenvalue weighted by atomic mass is 32.2. The molecule has 3 aromatic rings. The van der Waals surface area contributed by atoms with Crippen molar-refractivity contribution in [3.8, 4) is 17.2 Å². The van der Waals surface area contributed by atoms with Crippen LogP contribution in [0.3, 0.4) is 0 Å². The SMILES string of the molecule is COc1cc(C(=O)N2CCO[C@](CCN3CCC4(CC3)c3ccccc3CS4=O)(c3ccc(F)c(F)c3)C2)cc(OC)c1O. The number of carbonyl (C=O) groups is 1. The van der Waals surface area contributed by atoms with E-state index in [1.54, 1.807) is 4.90 Å². The Morgan fingerprint density at radius 3 is 2.39 bits per heavy atom. The van der Waals surface area contributed by atoms with Crippen molar-refractivity contribution < 1.29 is 37.1 Å². The predicted octanol–water partition coefficient (Wildman–Crippen LogP) is 4.70. The predicted molar refractivity (Wildman–Crippen MR) is 161 cm³/mol. The molecule has 234 valence electrons. The topological polar surface area (TPSA) is 88.5 Å². The van der Waals surface area contributed by atoms with Crippen molar-refractivity contribution in [2.45, 2.75) is 35.4 Å². The molecule has 3 aliphatic heterocycles. The Labute approximate surface area is 258 Å². The third kappa shape index (κ3) is 5.35. The first-order chi connectivity index (χ1) is 21.2. The van der Waals surface area contributed by atoms with Crippen LogP contribution >= 0.6 is 0 Å². The van der Waals surface area contributed by atoms with Crippen molar-refractivity contribution in [3.05, 3.63) is 88.5 Å². The number of amides is 1. The molecule has 0 saturated carbocycles. The summed E-state index contributed by atoms with van der Waals surface area (Å²) in [6.45, 7) is 2.65. The molecule has 2 fully saturated rings. The van der Waals surface area contributed by atoms with E-state index < -0.39 is 28.0 Å². The van der Waals surface area contributed by atoms with E-state index in [4.69, 9.17) is 14.2 Å². The molecule has 3 aromatic carbocycles. The Kier molecular flexibility index (Phi) is 8.38. The number of phenolic OH excluding ortho intramolecular Hbond substituents is 1. The molecule has 11 heteroatoms. The van der Waals surface area contributed by atoms with Crippen molar-refractivity contribution in [3.63, 3.8) is 0 Å². The van der Waals surface area contributed by atoms with Gasteiger partial charge in [-0.3, -0.25) is 9.00 Å². The number of phenols is 1. The van der Waals surface area contributed by atoms with E-state index in [1.165, 1.54) is 43.5 Å². The molecule has 44 heavy (non-hydrogen) atoms. The fourth-order valence-corrected chi connectivity index (χ4v) is 8.77. The lowest BCUT2D eigenvalue weighted by atomic mass is 9.85. The highest BCUT2D eigenvalue weighted by Crippen LogP contribution is 2.47. The van der Waals surface area contributed by atoms with Gasteiger partial charge in [0, 0.05) is 35.2 Å². The van der Waals surface area contributed by atoms with Gasteiger partial charge in [-0.15, -0.1) is 0 Å². The fourth-order valence-electron chi connectivity index (χ4n) is 6.87. The molecule has 0 aromatic heterocycles. The minimum atomic E-state index is -1.09. The summed E-state index contributed by atoms with van der Waals surface area (Å²) in [6, 6.07) is 14.8. The quantitative estimate of drug-likeness (QED) is 0.407. The molecule has 3 aliphatic rings. The van der Waals surface area contributed by atoms with Gasteiger partial charge in [-0.1, -0.05) is 30.3 Å². The molecule has 0 bridgehead atoms. The summed E-state index contributed by atoms with van der Waals surface area (Å²) in [5, 5.41) is 10.3. The number of piperidine rings is 1. The Balaban J connectivity index is 1.23. The van der Waals surface area contributed by atoms with Crippen LogP contribution < -0.4 is 9.47 Å². The number of hydrogen-bond donors (Lipinski definition) is 1. The maximum absolute atomic E-state index is 14.5. The van der Waals surface area contributed by atoms with Crippen molar-refractivity contribution in [1.82, 2.24) is 9.80 Å². The fraction of sp³-hybridized carbons (Fsp3) is 0.424. The molecule has 1 amide bonds. The molecular formula is C33H36F2N2O6S. The third-order valence-electron chi connectivity index (χ3n) is 9.37. The Bertz CT molecular complexity index is 1570.